The molecular weight excluding hydrogens is 396 g/mol. The van der Waals surface area contributed by atoms with Gasteiger partial charge in [-0.1, -0.05) is 36.4 Å². The molecule has 4 heterocycles. The number of pyridine rings is 1. The minimum atomic E-state index is 0.980. The molecule has 1 saturated heterocycles. The normalized spacial score (nSPS) is 16.4. The third-order valence-corrected chi connectivity index (χ3v) is 6.86. The number of H-pyrrole nitrogens is 1. The highest BCUT2D eigenvalue weighted by Gasteiger charge is 2.30. The van der Waals surface area contributed by atoms with Gasteiger partial charge in [0.25, 0.3) is 5.82 Å². The summed E-state index contributed by atoms with van der Waals surface area (Å²) in [5, 5.41) is 5.04. The second-order valence-corrected chi connectivity index (χ2v) is 8.85. The van der Waals surface area contributed by atoms with Crippen LogP contribution in [0.3, 0.4) is 0 Å². The molecule has 0 amide bonds. The summed E-state index contributed by atoms with van der Waals surface area (Å²) in [6.07, 6.45) is 6.62. The van der Waals surface area contributed by atoms with E-state index in [-0.39, 0.29) is 0 Å². The van der Waals surface area contributed by atoms with Crippen molar-refractivity contribution in [1.82, 2.24) is 14.6 Å². The van der Waals surface area contributed by atoms with Crippen LogP contribution < -0.4 is 14.8 Å². The van der Waals surface area contributed by atoms with E-state index >= 15 is 0 Å². The molecule has 3 aromatic heterocycles. The van der Waals surface area contributed by atoms with Crippen molar-refractivity contribution in [2.75, 3.05) is 36.0 Å². The van der Waals surface area contributed by atoms with Crippen LogP contribution in [-0.4, -0.2) is 40.8 Å². The highest BCUT2D eigenvalue weighted by Crippen LogP contribution is 2.35. The van der Waals surface area contributed by atoms with Crippen LogP contribution in [0.4, 0.5) is 11.6 Å². The molecule has 162 valence electrons. The minimum absolute atomic E-state index is 0.980. The fraction of sp³-hybridized carbons (Fsp3) is 0.346. The number of fused-ring (bicyclic) bond motifs is 2. The van der Waals surface area contributed by atoms with Gasteiger partial charge in [0, 0.05) is 22.9 Å². The molecule has 4 aromatic rings. The van der Waals surface area contributed by atoms with Crippen LogP contribution in [0, 0.1) is 6.92 Å². The minimum Gasteiger partial charge on any atom is -0.348 e. The number of benzene rings is 1. The summed E-state index contributed by atoms with van der Waals surface area (Å²) in [6, 6.07) is 16.9. The lowest BCUT2D eigenvalue weighted by Gasteiger charge is -2.34. The van der Waals surface area contributed by atoms with Crippen LogP contribution in [0.2, 0.25) is 0 Å². The van der Waals surface area contributed by atoms with Crippen LogP contribution in [0.5, 0.6) is 0 Å². The molecule has 1 aromatic carbocycles. The quantitative estimate of drug-likeness (QED) is 0.502. The third-order valence-electron chi connectivity index (χ3n) is 6.86. The number of rotatable bonds is 3. The zero-order valence-corrected chi connectivity index (χ0v) is 18.6. The van der Waals surface area contributed by atoms with Crippen molar-refractivity contribution in [2.24, 2.45) is 0 Å². The number of aromatic nitrogens is 4. The van der Waals surface area contributed by atoms with Gasteiger partial charge in [-0.05, 0) is 44.2 Å². The highest BCUT2D eigenvalue weighted by atomic mass is 15.4. The van der Waals surface area contributed by atoms with Crippen LogP contribution >= 0.6 is 0 Å². The Kier molecular flexibility index (Phi) is 4.78. The first-order valence-corrected chi connectivity index (χ1v) is 11.7. The summed E-state index contributed by atoms with van der Waals surface area (Å²) < 4.78 is 2.14. The van der Waals surface area contributed by atoms with Gasteiger partial charge in [-0.2, -0.15) is 9.61 Å². The van der Waals surface area contributed by atoms with E-state index in [1.54, 1.807) is 0 Å². The maximum Gasteiger partial charge on any atom is 0.274 e. The monoisotopic (exact) mass is 425 g/mol. The molecule has 0 radical (unpaired) electrons. The van der Waals surface area contributed by atoms with E-state index < -0.39 is 0 Å². The molecular formula is C26H29N6+. The van der Waals surface area contributed by atoms with Gasteiger partial charge in [-0.3, -0.25) is 4.90 Å². The van der Waals surface area contributed by atoms with Crippen LogP contribution in [0.1, 0.15) is 29.8 Å². The van der Waals surface area contributed by atoms with Gasteiger partial charge in [0.1, 0.15) is 18.9 Å². The van der Waals surface area contributed by atoms with E-state index in [2.05, 4.69) is 68.7 Å². The smallest absolute Gasteiger partial charge is 0.274 e. The summed E-state index contributed by atoms with van der Waals surface area (Å²) in [4.78, 5) is 13.5. The molecule has 0 spiro atoms. The molecule has 0 unspecified atom stereocenters. The predicted octanol–water partition coefficient (Wildman–Crippen LogP) is 3.72. The topological polar surface area (TPSA) is 50.8 Å². The maximum atomic E-state index is 5.19. The lowest BCUT2D eigenvalue weighted by molar-refractivity contribution is -0.364. The summed E-state index contributed by atoms with van der Waals surface area (Å²) >= 11 is 0. The van der Waals surface area contributed by atoms with E-state index in [9.17, 15) is 0 Å². The number of aromatic amines is 1. The molecule has 1 aliphatic heterocycles. The second kappa shape index (κ2) is 7.93. The number of nitrogens with zero attached hydrogens (tertiary/aromatic N) is 5. The summed E-state index contributed by atoms with van der Waals surface area (Å²) in [5.41, 5.74) is 7.09. The van der Waals surface area contributed by atoms with Crippen LogP contribution in [-0.2, 0) is 12.8 Å². The number of piperazine rings is 1. The van der Waals surface area contributed by atoms with E-state index in [4.69, 9.17) is 10.1 Å². The Morgan fingerprint density at radius 3 is 2.38 bits per heavy atom. The molecule has 0 saturated carbocycles. The Bertz CT molecular complexity index is 1240. The number of hydrogen-bond donors (Lipinski definition) is 0. The van der Waals surface area contributed by atoms with Gasteiger partial charge >= 0.3 is 0 Å². The molecule has 6 rings (SSSR count). The van der Waals surface area contributed by atoms with Crippen LogP contribution in [0.25, 0.3) is 16.8 Å². The lowest BCUT2D eigenvalue weighted by Crippen LogP contribution is -2.49. The average Bonchev–Trinajstić information content (AvgIpc) is 3.19. The van der Waals surface area contributed by atoms with Gasteiger partial charge < -0.3 is 4.90 Å². The highest BCUT2D eigenvalue weighted by molar-refractivity contribution is 5.81. The van der Waals surface area contributed by atoms with E-state index in [0.717, 1.165) is 55.9 Å². The van der Waals surface area contributed by atoms with E-state index in [1.165, 1.54) is 41.3 Å². The molecule has 1 fully saturated rings. The zero-order chi connectivity index (χ0) is 21.5. The summed E-state index contributed by atoms with van der Waals surface area (Å²) in [5.74, 6) is 2.46. The molecule has 2 aliphatic rings. The summed E-state index contributed by atoms with van der Waals surface area (Å²) in [6.45, 7) is 6.06. The number of nitrogens with one attached hydrogen (secondary N) is 1. The Hall–Kier alpha value is -3.41. The zero-order valence-electron chi connectivity index (χ0n) is 18.6. The molecule has 32 heavy (non-hydrogen) atoms. The Morgan fingerprint density at radius 1 is 0.844 bits per heavy atom. The van der Waals surface area contributed by atoms with E-state index in [1.807, 2.05) is 12.3 Å². The van der Waals surface area contributed by atoms with Crippen molar-refractivity contribution in [2.45, 2.75) is 32.6 Å². The molecule has 0 bridgehead atoms. The SMILES string of the molecule is Cc1nn2c(N3CCN(c4cccc[nH+]4)CC3)c3c(nc2c1-c1ccccc1)CCCC3. The van der Waals surface area contributed by atoms with E-state index in [0.29, 0.717) is 0 Å². The molecule has 1 aliphatic carbocycles. The van der Waals surface area contributed by atoms with Gasteiger partial charge in [-0.25, -0.2) is 9.97 Å². The second-order valence-electron chi connectivity index (χ2n) is 8.85. The molecule has 0 atom stereocenters. The number of hydrogen-bond acceptors (Lipinski definition) is 4. The maximum absolute atomic E-state index is 5.19. The fourth-order valence-corrected chi connectivity index (χ4v) is 5.28. The Balaban J connectivity index is 1.44. The number of aryl methyl sites for hydroxylation is 2. The van der Waals surface area contributed by atoms with Crippen molar-refractivity contribution in [1.29, 1.82) is 0 Å². The molecule has 6 nitrogen and oxygen atoms in total. The molecule has 6 heteroatoms. The van der Waals surface area contributed by atoms with Gasteiger partial charge in [0.05, 0.1) is 25.0 Å². The first kappa shape index (κ1) is 19.3. The Labute approximate surface area is 188 Å². The van der Waals surface area contributed by atoms with Gasteiger partial charge in [0.2, 0.25) is 0 Å². The Morgan fingerprint density at radius 2 is 1.59 bits per heavy atom. The average molecular weight is 426 g/mol. The van der Waals surface area contributed by atoms with Crippen molar-refractivity contribution in [3.8, 4) is 11.1 Å². The van der Waals surface area contributed by atoms with Crippen molar-refractivity contribution in [3.05, 3.63) is 71.7 Å². The largest absolute Gasteiger partial charge is 0.348 e. The van der Waals surface area contributed by atoms with Crippen molar-refractivity contribution < 1.29 is 4.98 Å². The van der Waals surface area contributed by atoms with Gasteiger partial charge in [-0.15, -0.1) is 0 Å². The first-order chi connectivity index (χ1) is 15.8. The lowest BCUT2D eigenvalue weighted by atomic mass is 9.95. The van der Waals surface area contributed by atoms with Crippen LogP contribution in [0.15, 0.2) is 54.7 Å². The number of anilines is 2. The standard InChI is InChI=1S/C26H28N6/c1-19-24(20-9-3-2-4-10-20)25-28-22-12-6-5-11-21(22)26(32(25)29-19)31-17-15-30(16-18-31)23-13-7-8-14-27-23/h2-4,7-10,13-14H,5-6,11-12,15-18H2,1H3/p+1. The van der Waals surface area contributed by atoms with Gasteiger partial charge in [0.15, 0.2) is 5.65 Å². The van der Waals surface area contributed by atoms with Crippen molar-refractivity contribution in [3.63, 3.8) is 0 Å². The third kappa shape index (κ3) is 3.22. The fourth-order valence-electron chi connectivity index (χ4n) is 5.28. The van der Waals surface area contributed by atoms with Crippen molar-refractivity contribution >= 4 is 17.3 Å². The molecule has 1 N–H and O–H groups in total. The summed E-state index contributed by atoms with van der Waals surface area (Å²) in [7, 11) is 0. The predicted molar refractivity (Wildman–Crippen MR) is 127 cm³/mol. The first-order valence-electron chi connectivity index (χ1n) is 11.7.